The summed E-state index contributed by atoms with van der Waals surface area (Å²) in [6.07, 6.45) is 3.58. The summed E-state index contributed by atoms with van der Waals surface area (Å²) in [5.41, 5.74) is 10.0. The minimum Gasteiger partial charge on any atom is -0.508 e. The van der Waals surface area contributed by atoms with Crippen molar-refractivity contribution in [1.29, 1.82) is 0 Å². The molecule has 0 spiro atoms. The Morgan fingerprint density at radius 1 is 1.33 bits per heavy atom. The van der Waals surface area contributed by atoms with E-state index >= 15 is 0 Å². The molecule has 0 aromatic heterocycles. The van der Waals surface area contributed by atoms with Crippen molar-refractivity contribution in [2.45, 2.75) is 58.0 Å². The molecule has 1 fully saturated rings. The molecule has 0 bridgehead atoms. The molecular weight excluding hydrogens is 260 g/mol. The van der Waals surface area contributed by atoms with Gasteiger partial charge >= 0.3 is 0 Å². The second-order valence-electron chi connectivity index (χ2n) is 7.14. The monoisotopic (exact) mass is 288 g/mol. The zero-order chi connectivity index (χ0) is 15.1. The lowest BCUT2D eigenvalue weighted by Gasteiger charge is -2.38. The summed E-state index contributed by atoms with van der Waals surface area (Å²) in [7, 11) is 0. The third-order valence-electron chi connectivity index (χ3n) is 5.56. The third kappa shape index (κ3) is 2.58. The number of likely N-dealkylation sites (tertiary alicyclic amines) is 1. The van der Waals surface area contributed by atoms with E-state index in [0.717, 1.165) is 19.5 Å². The highest BCUT2D eigenvalue weighted by molar-refractivity contribution is 5.51. The van der Waals surface area contributed by atoms with Gasteiger partial charge in [0, 0.05) is 24.2 Å². The van der Waals surface area contributed by atoms with Crippen molar-refractivity contribution in [2.75, 3.05) is 13.1 Å². The van der Waals surface area contributed by atoms with Crippen LogP contribution in [0.2, 0.25) is 0 Å². The number of piperidine rings is 1. The average Bonchev–Trinajstić information content (AvgIpc) is 2.82. The number of phenols is 1. The van der Waals surface area contributed by atoms with E-state index in [1.807, 2.05) is 12.1 Å². The smallest absolute Gasteiger partial charge is 0.120 e. The zero-order valence-corrected chi connectivity index (χ0v) is 13.5. The summed E-state index contributed by atoms with van der Waals surface area (Å²) in [6, 6.07) is 4.55. The molecule has 1 heterocycles. The number of nitrogens with two attached hydrogens (primary N) is 1. The number of hydrogen-bond donors (Lipinski definition) is 2. The van der Waals surface area contributed by atoms with Gasteiger partial charge in [0.25, 0.3) is 0 Å². The van der Waals surface area contributed by atoms with E-state index in [-0.39, 0.29) is 6.04 Å². The number of phenolic OH excluding ortho intramolecular Hbond substituents is 1. The van der Waals surface area contributed by atoms with E-state index in [9.17, 15) is 5.11 Å². The number of nitrogens with zero attached hydrogens (tertiary/aromatic N) is 1. The van der Waals surface area contributed by atoms with Crippen molar-refractivity contribution >= 4 is 0 Å². The van der Waals surface area contributed by atoms with E-state index in [4.69, 9.17) is 5.73 Å². The van der Waals surface area contributed by atoms with E-state index in [0.29, 0.717) is 23.6 Å². The van der Waals surface area contributed by atoms with Gasteiger partial charge in [-0.25, -0.2) is 0 Å². The Labute approximate surface area is 128 Å². The molecule has 4 unspecified atom stereocenters. The number of rotatable bonds is 2. The van der Waals surface area contributed by atoms with Gasteiger partial charge in [-0.3, -0.25) is 4.90 Å². The number of benzene rings is 1. The Morgan fingerprint density at radius 2 is 2.10 bits per heavy atom. The highest BCUT2D eigenvalue weighted by Gasteiger charge is 2.37. The van der Waals surface area contributed by atoms with Crippen LogP contribution < -0.4 is 5.73 Å². The number of aromatic hydroxyl groups is 1. The molecule has 1 aliphatic heterocycles. The summed E-state index contributed by atoms with van der Waals surface area (Å²) in [6.45, 7) is 8.78. The van der Waals surface area contributed by atoms with E-state index in [1.54, 1.807) is 0 Å². The number of hydrogen-bond acceptors (Lipinski definition) is 3. The molecule has 116 valence electrons. The van der Waals surface area contributed by atoms with Crippen LogP contribution in [-0.2, 0) is 0 Å². The molecule has 21 heavy (non-hydrogen) atoms. The topological polar surface area (TPSA) is 49.5 Å². The third-order valence-corrected chi connectivity index (χ3v) is 5.56. The van der Waals surface area contributed by atoms with E-state index in [2.05, 4.69) is 25.7 Å². The van der Waals surface area contributed by atoms with Gasteiger partial charge in [-0.1, -0.05) is 13.0 Å². The van der Waals surface area contributed by atoms with Crippen molar-refractivity contribution in [3.63, 3.8) is 0 Å². The van der Waals surface area contributed by atoms with Crippen LogP contribution in [0.1, 0.15) is 61.8 Å². The number of fused-ring (bicyclic) bond motifs is 1. The highest BCUT2D eigenvalue weighted by Crippen LogP contribution is 2.49. The lowest BCUT2D eigenvalue weighted by Crippen LogP contribution is -2.43. The second kappa shape index (κ2) is 5.62. The van der Waals surface area contributed by atoms with Gasteiger partial charge in [0.1, 0.15) is 5.75 Å². The molecule has 0 saturated carbocycles. The Morgan fingerprint density at radius 3 is 2.81 bits per heavy atom. The summed E-state index contributed by atoms with van der Waals surface area (Å²) in [4.78, 5) is 2.57. The van der Waals surface area contributed by atoms with Gasteiger partial charge in [-0.15, -0.1) is 0 Å². The van der Waals surface area contributed by atoms with Crippen LogP contribution in [0.3, 0.4) is 0 Å². The first-order chi connectivity index (χ1) is 9.99. The van der Waals surface area contributed by atoms with E-state index in [1.165, 1.54) is 29.5 Å². The van der Waals surface area contributed by atoms with Gasteiger partial charge in [-0.2, -0.15) is 0 Å². The first-order valence-electron chi connectivity index (χ1n) is 8.31. The molecule has 3 N–H and O–H groups in total. The van der Waals surface area contributed by atoms with Gasteiger partial charge < -0.3 is 10.8 Å². The number of aryl methyl sites for hydroxylation is 1. The van der Waals surface area contributed by atoms with Crippen LogP contribution in [-0.4, -0.2) is 29.1 Å². The first-order valence-corrected chi connectivity index (χ1v) is 8.31. The molecule has 3 nitrogen and oxygen atoms in total. The van der Waals surface area contributed by atoms with Crippen LogP contribution in [0.15, 0.2) is 12.1 Å². The van der Waals surface area contributed by atoms with E-state index < -0.39 is 0 Å². The first kappa shape index (κ1) is 14.9. The summed E-state index contributed by atoms with van der Waals surface area (Å²) >= 11 is 0. The Kier molecular flexibility index (Phi) is 3.98. The molecule has 2 aliphatic rings. The van der Waals surface area contributed by atoms with Crippen LogP contribution in [0.4, 0.5) is 0 Å². The molecule has 1 aromatic rings. The van der Waals surface area contributed by atoms with Gasteiger partial charge in [-0.05, 0) is 68.7 Å². The highest BCUT2D eigenvalue weighted by atomic mass is 16.3. The summed E-state index contributed by atoms with van der Waals surface area (Å²) < 4.78 is 0. The predicted molar refractivity (Wildman–Crippen MR) is 86.6 cm³/mol. The fourth-order valence-electron chi connectivity index (χ4n) is 4.39. The molecule has 1 saturated heterocycles. The van der Waals surface area contributed by atoms with Crippen molar-refractivity contribution in [3.8, 4) is 5.75 Å². The Hall–Kier alpha value is -1.06. The van der Waals surface area contributed by atoms with Crippen molar-refractivity contribution in [3.05, 3.63) is 28.8 Å². The summed E-state index contributed by atoms with van der Waals surface area (Å²) in [5.74, 6) is 1.60. The Balaban J connectivity index is 1.91. The van der Waals surface area contributed by atoms with Gasteiger partial charge in [0.15, 0.2) is 0 Å². The lowest BCUT2D eigenvalue weighted by molar-refractivity contribution is 0.110. The van der Waals surface area contributed by atoms with Crippen LogP contribution >= 0.6 is 0 Å². The molecule has 0 amide bonds. The molecular formula is C18H28N2O. The molecule has 1 aromatic carbocycles. The average molecular weight is 288 g/mol. The molecule has 3 rings (SSSR count). The molecule has 4 atom stereocenters. The van der Waals surface area contributed by atoms with Gasteiger partial charge in [0.2, 0.25) is 0 Å². The maximum absolute atomic E-state index is 10.4. The maximum Gasteiger partial charge on any atom is 0.120 e. The molecule has 0 radical (unpaired) electrons. The predicted octanol–water partition coefficient (Wildman–Crippen LogP) is 3.31. The minimum absolute atomic E-state index is 0.261. The fourth-order valence-corrected chi connectivity index (χ4v) is 4.39. The quantitative estimate of drug-likeness (QED) is 0.878. The Bertz CT molecular complexity index is 526. The lowest BCUT2D eigenvalue weighted by atomic mass is 9.90. The maximum atomic E-state index is 10.4. The van der Waals surface area contributed by atoms with Crippen molar-refractivity contribution < 1.29 is 5.11 Å². The van der Waals surface area contributed by atoms with Crippen LogP contribution in [0, 0.1) is 12.8 Å². The molecule has 1 aliphatic carbocycles. The van der Waals surface area contributed by atoms with Crippen molar-refractivity contribution in [2.24, 2.45) is 11.7 Å². The van der Waals surface area contributed by atoms with Crippen LogP contribution in [0.25, 0.3) is 0 Å². The summed E-state index contributed by atoms with van der Waals surface area (Å²) in [5, 5.41) is 10.4. The SMILES string of the molecule is Cc1ccc(O)c2c1C(C)CC2N1CCCC(C(C)N)C1. The normalized spacial score (nSPS) is 31.1. The standard InChI is InChI=1S/C18H28N2O/c1-11-6-7-16(21)18-15(9-12(2)17(11)18)20-8-4-5-14(10-20)13(3)19/h6-7,12-15,21H,4-5,8-10,19H2,1-3H3. The van der Waals surface area contributed by atoms with Gasteiger partial charge in [0.05, 0.1) is 0 Å². The van der Waals surface area contributed by atoms with Crippen molar-refractivity contribution in [1.82, 2.24) is 4.90 Å². The van der Waals surface area contributed by atoms with Crippen LogP contribution in [0.5, 0.6) is 5.75 Å². The zero-order valence-electron chi connectivity index (χ0n) is 13.5. The fraction of sp³-hybridized carbons (Fsp3) is 0.667. The largest absolute Gasteiger partial charge is 0.508 e. The second-order valence-corrected chi connectivity index (χ2v) is 7.14. The minimum atomic E-state index is 0.261. The molecule has 3 heteroatoms.